The molecule has 1 atom stereocenters. The fourth-order valence-corrected chi connectivity index (χ4v) is 3.33. The molecule has 1 aromatic rings. The molecule has 0 aromatic heterocycles. The monoisotopic (exact) mass is 323 g/mol. The second-order valence-corrected chi connectivity index (χ2v) is 5.70. The summed E-state index contributed by atoms with van der Waals surface area (Å²) in [6, 6.07) is 7.59. The molecule has 1 aromatic carbocycles. The van der Waals surface area contributed by atoms with E-state index >= 15 is 0 Å². The van der Waals surface area contributed by atoms with E-state index in [1.165, 1.54) is 17.7 Å². The van der Waals surface area contributed by atoms with E-state index < -0.39 is 0 Å². The van der Waals surface area contributed by atoms with E-state index in [0.29, 0.717) is 23.7 Å². The molecule has 120 valence electrons. The van der Waals surface area contributed by atoms with Crippen molar-refractivity contribution in [1.82, 2.24) is 15.1 Å². The van der Waals surface area contributed by atoms with Crippen LogP contribution in [-0.4, -0.2) is 60.9 Å². The number of nitrogens with one attached hydrogen (secondary N) is 1. The Morgan fingerprint density at radius 2 is 1.77 bits per heavy atom. The van der Waals surface area contributed by atoms with Crippen molar-refractivity contribution in [1.29, 1.82) is 0 Å². The van der Waals surface area contributed by atoms with Crippen molar-refractivity contribution in [2.24, 2.45) is 0 Å². The third-order valence-electron chi connectivity index (χ3n) is 4.43. The number of benzene rings is 1. The zero-order valence-electron chi connectivity index (χ0n) is 12.7. The van der Waals surface area contributed by atoms with Crippen molar-refractivity contribution in [2.75, 3.05) is 33.2 Å². The number of hydrogen-bond donors (Lipinski definition) is 1. The normalized spacial score (nSPS) is 21.1. The Labute approximate surface area is 137 Å². The molecule has 1 saturated heterocycles. The van der Waals surface area contributed by atoms with Gasteiger partial charge in [0.2, 0.25) is 0 Å². The van der Waals surface area contributed by atoms with E-state index in [9.17, 15) is 9.59 Å². The Bertz CT molecular complexity index is 529. The smallest absolute Gasteiger partial charge is 0.261 e. The standard InChI is InChI=1S/C16H21N3O2.ClH/c1-17-11-12-5-4-8-18(12)9-10-19-15(20)13-6-2-3-7-14(13)16(19)21;/h2-3,6-7,12,17H,4-5,8-11H2,1H3;1H. The lowest BCUT2D eigenvalue weighted by Gasteiger charge is -2.26. The molecule has 1 N–H and O–H groups in total. The minimum Gasteiger partial charge on any atom is -0.318 e. The molecule has 0 radical (unpaired) electrons. The molecule has 0 spiro atoms. The Morgan fingerprint density at radius 3 is 2.36 bits per heavy atom. The van der Waals surface area contributed by atoms with Gasteiger partial charge in [-0.25, -0.2) is 0 Å². The third-order valence-corrected chi connectivity index (χ3v) is 4.43. The summed E-state index contributed by atoms with van der Waals surface area (Å²) >= 11 is 0. The number of imide groups is 1. The maximum Gasteiger partial charge on any atom is 0.261 e. The zero-order chi connectivity index (χ0) is 14.8. The number of likely N-dealkylation sites (N-methyl/N-ethyl adjacent to an activating group) is 1. The average Bonchev–Trinajstić information content (AvgIpc) is 3.03. The number of fused-ring (bicyclic) bond motifs is 1. The van der Waals surface area contributed by atoms with E-state index in [-0.39, 0.29) is 24.2 Å². The minimum absolute atomic E-state index is 0. The van der Waals surface area contributed by atoms with Crippen LogP contribution in [-0.2, 0) is 0 Å². The molecule has 6 heteroatoms. The molecular weight excluding hydrogens is 302 g/mol. The Hall–Kier alpha value is -1.43. The lowest BCUT2D eigenvalue weighted by molar-refractivity contribution is 0.0633. The second kappa shape index (κ2) is 7.22. The van der Waals surface area contributed by atoms with Gasteiger partial charge in [-0.15, -0.1) is 12.4 Å². The summed E-state index contributed by atoms with van der Waals surface area (Å²) in [5.74, 6) is -0.306. The Morgan fingerprint density at radius 1 is 1.14 bits per heavy atom. The number of halogens is 1. The van der Waals surface area contributed by atoms with E-state index in [4.69, 9.17) is 0 Å². The first-order chi connectivity index (χ1) is 10.2. The van der Waals surface area contributed by atoms with Crippen molar-refractivity contribution >= 4 is 24.2 Å². The van der Waals surface area contributed by atoms with Gasteiger partial charge in [-0.3, -0.25) is 19.4 Å². The average molecular weight is 324 g/mol. The van der Waals surface area contributed by atoms with Crippen molar-refractivity contribution < 1.29 is 9.59 Å². The highest BCUT2D eigenvalue weighted by Crippen LogP contribution is 2.23. The number of carbonyl (C=O) groups is 2. The summed E-state index contributed by atoms with van der Waals surface area (Å²) < 4.78 is 0. The quantitative estimate of drug-likeness (QED) is 0.832. The first-order valence-corrected chi connectivity index (χ1v) is 7.56. The largest absolute Gasteiger partial charge is 0.318 e. The van der Waals surface area contributed by atoms with Crippen LogP contribution in [0.3, 0.4) is 0 Å². The van der Waals surface area contributed by atoms with Gasteiger partial charge < -0.3 is 5.32 Å². The summed E-state index contributed by atoms with van der Waals surface area (Å²) in [4.78, 5) is 28.4. The Kier molecular flexibility index (Phi) is 5.56. The molecule has 3 rings (SSSR count). The van der Waals surface area contributed by atoms with E-state index in [0.717, 1.165) is 19.6 Å². The van der Waals surface area contributed by atoms with Crippen molar-refractivity contribution in [2.45, 2.75) is 18.9 Å². The number of amides is 2. The number of nitrogens with zero attached hydrogens (tertiary/aromatic N) is 2. The lowest BCUT2D eigenvalue weighted by Crippen LogP contribution is -2.42. The van der Waals surface area contributed by atoms with Gasteiger partial charge in [0, 0.05) is 25.7 Å². The molecule has 2 amide bonds. The van der Waals surface area contributed by atoms with Gasteiger partial charge >= 0.3 is 0 Å². The molecule has 1 fully saturated rings. The molecule has 1 unspecified atom stereocenters. The van der Waals surface area contributed by atoms with Gasteiger partial charge in [0.15, 0.2) is 0 Å². The first-order valence-electron chi connectivity index (χ1n) is 7.56. The molecule has 0 bridgehead atoms. The molecule has 22 heavy (non-hydrogen) atoms. The van der Waals surface area contributed by atoms with Crippen LogP contribution in [0.2, 0.25) is 0 Å². The first kappa shape index (κ1) is 16.9. The summed E-state index contributed by atoms with van der Waals surface area (Å²) in [5.41, 5.74) is 1.08. The highest BCUT2D eigenvalue weighted by atomic mass is 35.5. The van der Waals surface area contributed by atoms with Crippen LogP contribution in [0.4, 0.5) is 0 Å². The highest BCUT2D eigenvalue weighted by Gasteiger charge is 2.35. The molecule has 2 heterocycles. The Balaban J connectivity index is 0.00000176. The number of carbonyl (C=O) groups excluding carboxylic acids is 2. The number of hydrogen-bond acceptors (Lipinski definition) is 4. The third kappa shape index (κ3) is 3.02. The van der Waals surface area contributed by atoms with E-state index in [1.807, 2.05) is 7.05 Å². The number of likely N-dealkylation sites (tertiary alicyclic amines) is 1. The molecule has 5 nitrogen and oxygen atoms in total. The van der Waals surface area contributed by atoms with Gasteiger partial charge in [0.25, 0.3) is 11.8 Å². The molecule has 2 aliphatic heterocycles. The van der Waals surface area contributed by atoms with Crippen LogP contribution in [0.1, 0.15) is 33.6 Å². The van der Waals surface area contributed by atoms with Crippen LogP contribution in [0, 0.1) is 0 Å². The van der Waals surface area contributed by atoms with E-state index in [1.54, 1.807) is 24.3 Å². The van der Waals surface area contributed by atoms with Gasteiger partial charge in [-0.1, -0.05) is 12.1 Å². The minimum atomic E-state index is -0.153. The van der Waals surface area contributed by atoms with Crippen LogP contribution in [0.15, 0.2) is 24.3 Å². The summed E-state index contributed by atoms with van der Waals surface area (Å²) in [5, 5.41) is 3.21. The second-order valence-electron chi connectivity index (χ2n) is 5.70. The topological polar surface area (TPSA) is 52.6 Å². The van der Waals surface area contributed by atoms with Crippen molar-refractivity contribution in [3.8, 4) is 0 Å². The van der Waals surface area contributed by atoms with Crippen LogP contribution in [0.25, 0.3) is 0 Å². The maximum absolute atomic E-state index is 12.3. The van der Waals surface area contributed by atoms with Crippen molar-refractivity contribution in [3.63, 3.8) is 0 Å². The van der Waals surface area contributed by atoms with Crippen LogP contribution < -0.4 is 5.32 Å². The van der Waals surface area contributed by atoms with Gasteiger partial charge in [0.1, 0.15) is 0 Å². The molecule has 0 aliphatic carbocycles. The summed E-state index contributed by atoms with van der Waals surface area (Å²) in [6.07, 6.45) is 2.37. The van der Waals surface area contributed by atoms with Gasteiger partial charge in [0.05, 0.1) is 11.1 Å². The van der Waals surface area contributed by atoms with Crippen LogP contribution >= 0.6 is 12.4 Å². The lowest BCUT2D eigenvalue weighted by atomic mass is 10.1. The number of rotatable bonds is 5. The maximum atomic E-state index is 12.3. The molecule has 2 aliphatic rings. The highest BCUT2D eigenvalue weighted by molar-refractivity contribution is 6.21. The van der Waals surface area contributed by atoms with Crippen molar-refractivity contribution in [3.05, 3.63) is 35.4 Å². The summed E-state index contributed by atoms with van der Waals surface area (Å²) in [7, 11) is 1.96. The van der Waals surface area contributed by atoms with Gasteiger partial charge in [-0.2, -0.15) is 0 Å². The van der Waals surface area contributed by atoms with E-state index in [2.05, 4.69) is 10.2 Å². The zero-order valence-corrected chi connectivity index (χ0v) is 13.6. The van der Waals surface area contributed by atoms with Gasteiger partial charge in [-0.05, 0) is 38.6 Å². The predicted octanol–water partition coefficient (Wildman–Crippen LogP) is 1.39. The SMILES string of the molecule is CNCC1CCCN1CCN1C(=O)c2ccccc2C1=O.Cl. The molecular formula is C16H22ClN3O2. The fourth-order valence-electron chi connectivity index (χ4n) is 3.33. The fraction of sp³-hybridized carbons (Fsp3) is 0.500. The molecule has 0 saturated carbocycles. The van der Waals surface area contributed by atoms with Crippen LogP contribution in [0.5, 0.6) is 0 Å². The predicted molar refractivity (Wildman–Crippen MR) is 87.6 cm³/mol. The summed E-state index contributed by atoms with van der Waals surface area (Å²) in [6.45, 7) is 3.25.